The van der Waals surface area contributed by atoms with Crippen molar-refractivity contribution in [2.24, 2.45) is 0 Å². The first-order valence-electron chi connectivity index (χ1n) is 8.09. The predicted molar refractivity (Wildman–Crippen MR) is 96.2 cm³/mol. The molecule has 3 rings (SSSR count). The topological polar surface area (TPSA) is 89.1 Å². The zero-order valence-electron chi connectivity index (χ0n) is 14.0. The van der Waals surface area contributed by atoms with Gasteiger partial charge in [-0.1, -0.05) is 17.7 Å². The highest BCUT2D eigenvalue weighted by atomic mass is 35.5. The number of aromatic nitrogens is 2. The molecule has 0 atom stereocenters. The smallest absolute Gasteiger partial charge is 0.227 e. The summed E-state index contributed by atoms with van der Waals surface area (Å²) < 4.78 is 14.7. The molecule has 26 heavy (non-hydrogen) atoms. The Morgan fingerprint density at radius 3 is 2.62 bits per heavy atom. The molecule has 2 heterocycles. The van der Waals surface area contributed by atoms with Crippen molar-refractivity contribution in [2.75, 3.05) is 31.1 Å². The zero-order chi connectivity index (χ0) is 18.7. The summed E-state index contributed by atoms with van der Waals surface area (Å²) in [4.78, 5) is 16.2. The third-order valence-electron chi connectivity index (χ3n) is 4.27. The van der Waals surface area contributed by atoms with Crippen molar-refractivity contribution >= 4 is 29.7 Å². The van der Waals surface area contributed by atoms with Gasteiger partial charge < -0.3 is 9.80 Å². The van der Waals surface area contributed by atoms with Gasteiger partial charge in [0.15, 0.2) is 0 Å². The number of halogens is 2. The lowest BCUT2D eigenvalue weighted by Gasteiger charge is -2.35. The average Bonchev–Trinajstić information content (AvgIpc) is 2.65. The molecule has 1 aliphatic rings. The van der Waals surface area contributed by atoms with Gasteiger partial charge in [0.2, 0.25) is 5.91 Å². The first-order chi connectivity index (χ1) is 12.5. The summed E-state index contributed by atoms with van der Waals surface area (Å²) in [6.45, 7) is 2.26. The molecule has 1 amide bonds. The van der Waals surface area contributed by atoms with Crippen molar-refractivity contribution in [1.29, 1.82) is 10.8 Å². The van der Waals surface area contributed by atoms with Crippen LogP contribution in [0.25, 0.3) is 0 Å². The van der Waals surface area contributed by atoms with Crippen LogP contribution in [0.2, 0.25) is 5.02 Å². The zero-order valence-corrected chi connectivity index (χ0v) is 14.7. The number of rotatable bonds is 4. The lowest BCUT2D eigenvalue weighted by molar-refractivity contribution is -0.130. The average molecular weight is 377 g/mol. The highest BCUT2D eigenvalue weighted by molar-refractivity contribution is 6.30. The monoisotopic (exact) mass is 376 g/mol. The summed E-state index contributed by atoms with van der Waals surface area (Å²) in [7, 11) is 0. The normalized spacial score (nSPS) is 14.4. The molecule has 1 aromatic heterocycles. The summed E-state index contributed by atoms with van der Waals surface area (Å²) >= 11 is 5.66. The van der Waals surface area contributed by atoms with Crippen LogP contribution in [0.15, 0.2) is 30.3 Å². The molecule has 0 unspecified atom stereocenters. The van der Waals surface area contributed by atoms with Crippen LogP contribution in [0.5, 0.6) is 0 Å². The molecule has 0 aliphatic carbocycles. The van der Waals surface area contributed by atoms with Crippen LogP contribution in [0.3, 0.4) is 0 Å². The van der Waals surface area contributed by atoms with E-state index in [1.54, 1.807) is 23.1 Å². The van der Waals surface area contributed by atoms with E-state index in [0.717, 1.165) is 6.34 Å². The van der Waals surface area contributed by atoms with E-state index in [2.05, 4.69) is 5.10 Å². The third kappa shape index (κ3) is 3.91. The molecule has 2 aromatic rings. The molecule has 0 radical (unpaired) electrons. The molecule has 0 bridgehead atoms. The second kappa shape index (κ2) is 7.65. The van der Waals surface area contributed by atoms with Crippen LogP contribution in [0.1, 0.15) is 5.56 Å². The summed E-state index contributed by atoms with van der Waals surface area (Å²) in [5, 5.41) is 19.2. The molecule has 2 N–H and O–H groups in total. The van der Waals surface area contributed by atoms with Crippen LogP contribution in [0.4, 0.5) is 10.2 Å². The Hall–Kier alpha value is -2.74. The number of amides is 1. The maximum absolute atomic E-state index is 13.5. The summed E-state index contributed by atoms with van der Waals surface area (Å²) in [5.41, 5.74) is 0.729. The molecule has 7 nitrogen and oxygen atoms in total. The summed E-state index contributed by atoms with van der Waals surface area (Å²) in [6, 6.07) is 7.72. The molecular weight excluding hydrogens is 359 g/mol. The number of hydrogen-bond donors (Lipinski definition) is 2. The SMILES string of the molecule is N=Cn1nc(N2CCN(C(=O)Cc3ccc(Cl)c(F)c3)CC2)ccc1=N. The van der Waals surface area contributed by atoms with Crippen molar-refractivity contribution in [2.45, 2.75) is 6.42 Å². The first kappa shape index (κ1) is 18.1. The molecule has 9 heteroatoms. The Morgan fingerprint density at radius 2 is 1.96 bits per heavy atom. The van der Waals surface area contributed by atoms with Gasteiger partial charge >= 0.3 is 0 Å². The summed E-state index contributed by atoms with van der Waals surface area (Å²) in [6.07, 6.45) is 1.12. The Labute approximate surface area is 154 Å². The first-order valence-corrected chi connectivity index (χ1v) is 8.47. The number of carbonyl (C=O) groups is 1. The van der Waals surface area contributed by atoms with Crippen LogP contribution in [-0.4, -0.2) is 53.1 Å². The van der Waals surface area contributed by atoms with Gasteiger partial charge in [-0.15, -0.1) is 5.10 Å². The number of carbonyl (C=O) groups excluding carboxylic acids is 1. The number of benzene rings is 1. The number of nitrogens with zero attached hydrogens (tertiary/aromatic N) is 4. The quantitative estimate of drug-likeness (QED) is 0.626. The van der Waals surface area contributed by atoms with Gasteiger partial charge in [-0.25, -0.2) is 9.07 Å². The largest absolute Gasteiger partial charge is 0.352 e. The van der Waals surface area contributed by atoms with Crippen LogP contribution < -0.4 is 10.4 Å². The molecule has 0 saturated carbocycles. The minimum absolute atomic E-state index is 0.0446. The minimum Gasteiger partial charge on any atom is -0.352 e. The molecule has 1 saturated heterocycles. The Morgan fingerprint density at radius 1 is 1.23 bits per heavy atom. The molecule has 1 aliphatic heterocycles. The van der Waals surface area contributed by atoms with Crippen LogP contribution in [-0.2, 0) is 11.2 Å². The Kier molecular flexibility index (Phi) is 5.32. The number of anilines is 1. The van der Waals surface area contributed by atoms with Gasteiger partial charge in [0.25, 0.3) is 0 Å². The van der Waals surface area contributed by atoms with E-state index in [9.17, 15) is 9.18 Å². The van der Waals surface area contributed by atoms with Gasteiger partial charge in [-0.2, -0.15) is 0 Å². The lowest BCUT2D eigenvalue weighted by atomic mass is 10.1. The Bertz CT molecular complexity index is 891. The van der Waals surface area contributed by atoms with Crippen molar-refractivity contribution in [3.63, 3.8) is 0 Å². The van der Waals surface area contributed by atoms with E-state index in [0.29, 0.717) is 37.6 Å². The highest BCUT2D eigenvalue weighted by Gasteiger charge is 2.22. The van der Waals surface area contributed by atoms with Gasteiger partial charge in [-0.3, -0.25) is 15.6 Å². The maximum Gasteiger partial charge on any atom is 0.227 e. The third-order valence-corrected chi connectivity index (χ3v) is 4.57. The minimum atomic E-state index is -0.523. The molecule has 1 aromatic carbocycles. The fraction of sp³-hybridized carbons (Fsp3) is 0.294. The molecule has 0 spiro atoms. The van der Waals surface area contributed by atoms with Gasteiger partial charge in [-0.05, 0) is 29.8 Å². The standard InChI is InChI=1S/C17H18ClFN6O/c18-13-2-1-12(9-14(13)19)10-17(26)24-7-5-23(6-8-24)16-4-3-15(21)25(11-20)22-16/h1-4,9,11,20-21H,5-8,10H2. The fourth-order valence-corrected chi connectivity index (χ4v) is 2.93. The molecule has 136 valence electrons. The molecule has 1 fully saturated rings. The highest BCUT2D eigenvalue weighted by Crippen LogP contribution is 2.17. The number of hydrogen-bond acceptors (Lipinski definition) is 5. The van der Waals surface area contributed by atoms with Crippen molar-refractivity contribution in [3.05, 3.63) is 52.2 Å². The lowest BCUT2D eigenvalue weighted by Crippen LogP contribution is -2.49. The second-order valence-corrected chi connectivity index (χ2v) is 6.35. The maximum atomic E-state index is 13.5. The van der Waals surface area contributed by atoms with Crippen molar-refractivity contribution < 1.29 is 9.18 Å². The number of piperazine rings is 1. The van der Waals surface area contributed by atoms with E-state index < -0.39 is 5.82 Å². The van der Waals surface area contributed by atoms with E-state index in [1.807, 2.05) is 4.90 Å². The van der Waals surface area contributed by atoms with Crippen LogP contribution >= 0.6 is 11.6 Å². The second-order valence-electron chi connectivity index (χ2n) is 5.94. The van der Waals surface area contributed by atoms with E-state index in [1.165, 1.54) is 16.8 Å². The van der Waals surface area contributed by atoms with E-state index >= 15 is 0 Å². The fourth-order valence-electron chi connectivity index (χ4n) is 2.82. The van der Waals surface area contributed by atoms with Crippen LogP contribution in [0, 0.1) is 16.6 Å². The number of nitrogens with one attached hydrogen (secondary N) is 2. The van der Waals surface area contributed by atoms with E-state index in [4.69, 9.17) is 22.4 Å². The predicted octanol–water partition coefficient (Wildman–Crippen LogP) is 1.50. The van der Waals surface area contributed by atoms with E-state index in [-0.39, 0.29) is 22.8 Å². The van der Waals surface area contributed by atoms with Gasteiger partial charge in [0.05, 0.1) is 11.4 Å². The van der Waals surface area contributed by atoms with Crippen molar-refractivity contribution in [3.8, 4) is 0 Å². The Balaban J connectivity index is 1.61. The van der Waals surface area contributed by atoms with Crippen molar-refractivity contribution in [1.82, 2.24) is 14.7 Å². The molecular formula is C17H18ClFN6O. The summed E-state index contributed by atoms with van der Waals surface area (Å²) in [5.74, 6) is 0.0805. The van der Waals surface area contributed by atoms with Gasteiger partial charge in [0, 0.05) is 26.2 Å². The van der Waals surface area contributed by atoms with Gasteiger partial charge in [0.1, 0.15) is 23.5 Å².